The monoisotopic (exact) mass is 163 g/mol. The molecule has 4 N–H and O–H groups in total. The van der Waals surface area contributed by atoms with Crippen LogP contribution in [-0.2, 0) is 0 Å². The van der Waals surface area contributed by atoms with Crippen LogP contribution in [0, 0.1) is 11.3 Å². The van der Waals surface area contributed by atoms with Crippen molar-refractivity contribution in [1.29, 1.82) is 5.26 Å². The third-order valence-corrected chi connectivity index (χ3v) is 1.52. The largest absolute Gasteiger partial charge is 0.495 e. The minimum Gasteiger partial charge on any atom is -0.495 e. The third-order valence-electron chi connectivity index (χ3n) is 1.52. The summed E-state index contributed by atoms with van der Waals surface area (Å²) in [6.45, 7) is 0. The summed E-state index contributed by atoms with van der Waals surface area (Å²) in [6.07, 6.45) is 0. The molecule has 1 aromatic rings. The van der Waals surface area contributed by atoms with Gasteiger partial charge in [0.25, 0.3) is 0 Å². The lowest BCUT2D eigenvalue weighted by Gasteiger charge is -2.05. The molecular formula is C8H9N3O. The normalized spacial score (nSPS) is 9.00. The van der Waals surface area contributed by atoms with Gasteiger partial charge in [0.05, 0.1) is 24.0 Å². The molecule has 0 unspecified atom stereocenters. The lowest BCUT2D eigenvalue weighted by molar-refractivity contribution is 0.417. The van der Waals surface area contributed by atoms with E-state index in [1.807, 2.05) is 6.07 Å². The average molecular weight is 163 g/mol. The van der Waals surface area contributed by atoms with Crippen molar-refractivity contribution in [1.82, 2.24) is 0 Å². The van der Waals surface area contributed by atoms with Crippen molar-refractivity contribution in [3.63, 3.8) is 0 Å². The first kappa shape index (κ1) is 8.21. The van der Waals surface area contributed by atoms with Gasteiger partial charge < -0.3 is 16.2 Å². The highest BCUT2D eigenvalue weighted by molar-refractivity contribution is 5.67. The van der Waals surface area contributed by atoms with E-state index >= 15 is 0 Å². The molecule has 1 rings (SSSR count). The van der Waals surface area contributed by atoms with Gasteiger partial charge in [0, 0.05) is 6.07 Å². The number of nitrogens with zero attached hydrogens (tertiary/aromatic N) is 1. The molecule has 62 valence electrons. The zero-order chi connectivity index (χ0) is 9.14. The Kier molecular flexibility index (Phi) is 2.06. The summed E-state index contributed by atoms with van der Waals surface area (Å²) in [5.74, 6) is 0.492. The summed E-state index contributed by atoms with van der Waals surface area (Å²) >= 11 is 0. The molecule has 4 nitrogen and oxygen atoms in total. The molecule has 0 fully saturated rings. The van der Waals surface area contributed by atoms with Gasteiger partial charge in [0.15, 0.2) is 0 Å². The molecular weight excluding hydrogens is 154 g/mol. The topological polar surface area (TPSA) is 85.1 Å². The Labute approximate surface area is 70.3 Å². The average Bonchev–Trinajstić information content (AvgIpc) is 2.08. The molecule has 0 aromatic heterocycles. The Morgan fingerprint density at radius 3 is 2.50 bits per heavy atom. The van der Waals surface area contributed by atoms with E-state index in [0.29, 0.717) is 22.7 Å². The van der Waals surface area contributed by atoms with Crippen molar-refractivity contribution in [3.8, 4) is 11.8 Å². The molecule has 0 radical (unpaired) electrons. The van der Waals surface area contributed by atoms with Crippen molar-refractivity contribution >= 4 is 11.4 Å². The van der Waals surface area contributed by atoms with Gasteiger partial charge in [-0.15, -0.1) is 0 Å². The van der Waals surface area contributed by atoms with E-state index in [-0.39, 0.29) is 0 Å². The molecule has 12 heavy (non-hydrogen) atoms. The Morgan fingerprint density at radius 1 is 1.33 bits per heavy atom. The van der Waals surface area contributed by atoms with E-state index in [2.05, 4.69) is 0 Å². The van der Waals surface area contributed by atoms with Crippen LogP contribution >= 0.6 is 0 Å². The molecule has 0 atom stereocenters. The van der Waals surface area contributed by atoms with Gasteiger partial charge in [-0.2, -0.15) is 5.26 Å². The maximum atomic E-state index is 8.58. The Morgan fingerprint density at radius 2 is 2.00 bits per heavy atom. The van der Waals surface area contributed by atoms with E-state index in [1.54, 1.807) is 0 Å². The van der Waals surface area contributed by atoms with E-state index in [4.69, 9.17) is 21.5 Å². The quantitative estimate of drug-likeness (QED) is 0.597. The van der Waals surface area contributed by atoms with Gasteiger partial charge >= 0.3 is 0 Å². The molecule has 0 saturated carbocycles. The Hall–Kier alpha value is -1.89. The molecule has 0 bridgehead atoms. The fraction of sp³-hybridized carbons (Fsp3) is 0.125. The van der Waals surface area contributed by atoms with Gasteiger partial charge in [0.1, 0.15) is 11.8 Å². The van der Waals surface area contributed by atoms with Gasteiger partial charge in [-0.1, -0.05) is 0 Å². The van der Waals surface area contributed by atoms with Crippen molar-refractivity contribution in [2.45, 2.75) is 0 Å². The number of hydrogen-bond donors (Lipinski definition) is 2. The van der Waals surface area contributed by atoms with E-state index < -0.39 is 0 Å². The second kappa shape index (κ2) is 3.01. The maximum Gasteiger partial charge on any atom is 0.143 e. The summed E-state index contributed by atoms with van der Waals surface area (Å²) in [4.78, 5) is 0. The highest BCUT2D eigenvalue weighted by atomic mass is 16.5. The first-order valence-corrected chi connectivity index (χ1v) is 3.32. The number of hydrogen-bond acceptors (Lipinski definition) is 4. The number of nitrogen functional groups attached to an aromatic ring is 2. The van der Waals surface area contributed by atoms with Crippen LogP contribution in [0.2, 0.25) is 0 Å². The summed E-state index contributed by atoms with van der Waals surface area (Å²) in [5.41, 5.74) is 12.2. The zero-order valence-electron chi connectivity index (χ0n) is 6.66. The lowest BCUT2D eigenvalue weighted by Crippen LogP contribution is -1.97. The molecule has 0 amide bonds. The summed E-state index contributed by atoms with van der Waals surface area (Å²) in [7, 11) is 1.50. The molecule has 0 saturated heterocycles. The first-order valence-electron chi connectivity index (χ1n) is 3.32. The molecule has 0 aliphatic heterocycles. The smallest absolute Gasteiger partial charge is 0.143 e. The van der Waals surface area contributed by atoms with Gasteiger partial charge in [-0.05, 0) is 6.07 Å². The number of benzene rings is 1. The number of nitrogens with two attached hydrogens (primary N) is 2. The summed E-state index contributed by atoms with van der Waals surface area (Å²) in [6, 6.07) is 4.96. The van der Waals surface area contributed by atoms with Crippen molar-refractivity contribution in [2.24, 2.45) is 0 Å². The van der Waals surface area contributed by atoms with Crippen LogP contribution in [0.25, 0.3) is 0 Å². The highest BCUT2D eigenvalue weighted by Gasteiger charge is 2.04. The van der Waals surface area contributed by atoms with Crippen LogP contribution in [0.4, 0.5) is 11.4 Å². The SMILES string of the molecule is COc1cc(N)c(C#N)cc1N. The number of rotatable bonds is 1. The molecule has 0 aliphatic rings. The number of anilines is 2. The van der Waals surface area contributed by atoms with Gasteiger partial charge in [-0.25, -0.2) is 0 Å². The van der Waals surface area contributed by atoms with Crippen LogP contribution in [0.3, 0.4) is 0 Å². The highest BCUT2D eigenvalue weighted by Crippen LogP contribution is 2.26. The van der Waals surface area contributed by atoms with Gasteiger partial charge in [0.2, 0.25) is 0 Å². The van der Waals surface area contributed by atoms with Crippen LogP contribution in [0.1, 0.15) is 5.56 Å². The van der Waals surface area contributed by atoms with Crippen molar-refractivity contribution < 1.29 is 4.74 Å². The van der Waals surface area contributed by atoms with Crippen molar-refractivity contribution in [2.75, 3.05) is 18.6 Å². The molecule has 0 heterocycles. The van der Waals surface area contributed by atoms with E-state index in [0.717, 1.165) is 0 Å². The van der Waals surface area contributed by atoms with Crippen LogP contribution in [0.5, 0.6) is 5.75 Å². The maximum absolute atomic E-state index is 8.58. The standard InChI is InChI=1S/C8H9N3O/c1-12-8-3-6(10)5(4-9)2-7(8)11/h2-3H,10-11H2,1H3. The Balaban J connectivity index is 3.28. The fourth-order valence-electron chi connectivity index (χ4n) is 0.886. The number of nitriles is 1. The second-order valence-electron chi connectivity index (χ2n) is 2.29. The van der Waals surface area contributed by atoms with Gasteiger partial charge in [-0.3, -0.25) is 0 Å². The predicted molar refractivity (Wildman–Crippen MR) is 46.5 cm³/mol. The predicted octanol–water partition coefficient (Wildman–Crippen LogP) is 0.731. The third kappa shape index (κ3) is 1.25. The summed E-state index contributed by atoms with van der Waals surface area (Å²) in [5, 5.41) is 8.58. The van der Waals surface area contributed by atoms with E-state index in [1.165, 1.54) is 19.2 Å². The Bertz CT molecular complexity index is 340. The molecule has 0 aliphatic carbocycles. The van der Waals surface area contributed by atoms with Crippen LogP contribution in [0.15, 0.2) is 12.1 Å². The fourth-order valence-corrected chi connectivity index (χ4v) is 0.886. The van der Waals surface area contributed by atoms with E-state index in [9.17, 15) is 0 Å². The first-order chi connectivity index (χ1) is 5.69. The minimum atomic E-state index is 0.369. The number of ether oxygens (including phenoxy) is 1. The molecule has 1 aromatic carbocycles. The summed E-state index contributed by atoms with van der Waals surface area (Å²) < 4.78 is 4.91. The number of methoxy groups -OCH3 is 1. The van der Waals surface area contributed by atoms with Crippen LogP contribution in [-0.4, -0.2) is 7.11 Å². The molecule has 0 spiro atoms. The zero-order valence-corrected chi connectivity index (χ0v) is 6.66. The minimum absolute atomic E-state index is 0.369. The lowest BCUT2D eigenvalue weighted by atomic mass is 10.1. The van der Waals surface area contributed by atoms with Crippen molar-refractivity contribution in [3.05, 3.63) is 17.7 Å². The second-order valence-corrected chi connectivity index (χ2v) is 2.29. The van der Waals surface area contributed by atoms with Crippen LogP contribution < -0.4 is 16.2 Å². The molecule has 4 heteroatoms.